The van der Waals surface area contributed by atoms with Gasteiger partial charge in [-0.1, -0.05) is 54.1 Å². The summed E-state index contributed by atoms with van der Waals surface area (Å²) in [6.45, 7) is 4.79. The van der Waals surface area contributed by atoms with Crippen molar-refractivity contribution < 1.29 is 17.9 Å². The molecule has 2 N–H and O–H groups in total. The molecule has 11 heteroatoms. The van der Waals surface area contributed by atoms with Crippen molar-refractivity contribution in [1.29, 1.82) is 10.7 Å². The number of nitrogens with one attached hydrogen (secondary N) is 2. The van der Waals surface area contributed by atoms with E-state index in [-0.39, 0.29) is 11.4 Å². The molecule has 0 aliphatic heterocycles. The molecule has 0 fully saturated rings. The van der Waals surface area contributed by atoms with Crippen molar-refractivity contribution in [2.45, 2.75) is 37.8 Å². The second-order valence-electron chi connectivity index (χ2n) is 10.2. The summed E-state index contributed by atoms with van der Waals surface area (Å²) < 4.78 is 32.5. The fraction of sp³-hybridized carbons (Fsp3) is 0.161. The predicted molar refractivity (Wildman–Crippen MR) is 161 cm³/mol. The van der Waals surface area contributed by atoms with E-state index in [9.17, 15) is 13.2 Å². The van der Waals surface area contributed by atoms with Crippen molar-refractivity contribution in [3.8, 4) is 28.5 Å². The number of ether oxygens (including phenoxy) is 1. The Kier molecular flexibility index (Phi) is 8.95. The van der Waals surface area contributed by atoms with Gasteiger partial charge in [-0.2, -0.15) is 5.26 Å². The summed E-state index contributed by atoms with van der Waals surface area (Å²) in [6.07, 6.45) is 0.386. The maximum atomic E-state index is 13.4. The first-order valence-corrected chi connectivity index (χ1v) is 14.6. The molecule has 4 rings (SSSR count). The van der Waals surface area contributed by atoms with Crippen LogP contribution in [0.4, 0.5) is 4.79 Å². The summed E-state index contributed by atoms with van der Waals surface area (Å²) in [5.74, 6) is -0.683. The van der Waals surface area contributed by atoms with E-state index >= 15 is 0 Å². The lowest BCUT2D eigenvalue weighted by atomic mass is 9.97. The Labute approximate surface area is 249 Å². The van der Waals surface area contributed by atoms with E-state index in [0.29, 0.717) is 26.1 Å². The number of aromatic nitrogens is 1. The van der Waals surface area contributed by atoms with Gasteiger partial charge in [0.1, 0.15) is 5.60 Å². The van der Waals surface area contributed by atoms with Gasteiger partial charge in [-0.3, -0.25) is 10.4 Å². The largest absolute Gasteiger partial charge is 0.443 e. The number of carbonyl (C=O) groups excluding carboxylic acids is 1. The van der Waals surface area contributed by atoms with Crippen LogP contribution < -0.4 is 5.32 Å². The number of sulfonamides is 1. The van der Waals surface area contributed by atoms with Gasteiger partial charge in [0.05, 0.1) is 22.2 Å². The smallest absolute Gasteiger partial charge is 0.431 e. The number of amides is 1. The third-order valence-corrected chi connectivity index (χ3v) is 7.82. The van der Waals surface area contributed by atoms with Crippen LogP contribution in [0.3, 0.4) is 0 Å². The average Bonchev–Trinajstić information content (AvgIpc) is 2.96. The van der Waals surface area contributed by atoms with Crippen molar-refractivity contribution in [3.05, 3.63) is 107 Å². The molecule has 214 valence electrons. The molecule has 0 atom stereocenters. The predicted octanol–water partition coefficient (Wildman–Crippen LogP) is 6.59. The Morgan fingerprint density at radius 3 is 2.24 bits per heavy atom. The van der Waals surface area contributed by atoms with Crippen LogP contribution in [-0.4, -0.2) is 35.4 Å². The fourth-order valence-electron chi connectivity index (χ4n) is 3.96. The molecule has 0 unspecified atom stereocenters. The molecular weight excluding hydrogens is 574 g/mol. The average molecular weight is 602 g/mol. The van der Waals surface area contributed by atoms with Crippen molar-refractivity contribution in [2.75, 3.05) is 0 Å². The third kappa shape index (κ3) is 7.13. The van der Waals surface area contributed by atoms with Crippen LogP contribution in [0.1, 0.15) is 31.9 Å². The Bertz CT molecular complexity index is 1750. The van der Waals surface area contributed by atoms with Crippen molar-refractivity contribution >= 4 is 33.7 Å². The molecule has 0 saturated carbocycles. The topological polar surface area (TPSA) is 136 Å². The van der Waals surface area contributed by atoms with Gasteiger partial charge in [-0.25, -0.2) is 13.2 Å². The molecule has 0 bridgehead atoms. The Hall–Kier alpha value is -4.72. The lowest BCUT2D eigenvalue weighted by molar-refractivity contribution is 0.0460. The van der Waals surface area contributed by atoms with Crippen LogP contribution in [-0.2, 0) is 21.3 Å². The minimum Gasteiger partial charge on any atom is -0.443 e. The quantitative estimate of drug-likeness (QED) is 0.188. The number of hydrogen-bond donors (Lipinski definition) is 2. The zero-order valence-electron chi connectivity index (χ0n) is 23.1. The second-order valence-corrected chi connectivity index (χ2v) is 12.4. The van der Waals surface area contributed by atoms with Crippen molar-refractivity contribution in [2.24, 2.45) is 0 Å². The normalized spacial score (nSPS) is 11.3. The zero-order valence-corrected chi connectivity index (χ0v) is 24.7. The van der Waals surface area contributed by atoms with Gasteiger partial charge in [0.25, 0.3) is 10.0 Å². The first kappa shape index (κ1) is 30.2. The van der Waals surface area contributed by atoms with Gasteiger partial charge in [0.15, 0.2) is 0 Å². The number of guanidine groups is 1. The molecule has 1 heterocycles. The highest BCUT2D eigenvalue weighted by Gasteiger charge is 2.36. The van der Waals surface area contributed by atoms with E-state index in [2.05, 4.69) is 16.4 Å². The highest BCUT2D eigenvalue weighted by Crippen LogP contribution is 2.32. The summed E-state index contributed by atoms with van der Waals surface area (Å²) >= 11 is 6.11. The van der Waals surface area contributed by atoms with Crippen molar-refractivity contribution in [3.63, 3.8) is 0 Å². The summed E-state index contributed by atoms with van der Waals surface area (Å²) in [4.78, 5) is 17.5. The van der Waals surface area contributed by atoms with Crippen LogP contribution in [0.25, 0.3) is 22.4 Å². The molecule has 0 radical (unpaired) electrons. The minimum absolute atomic E-state index is 0.0241. The standard InChI is InChI=1S/C31H28ClN5O4S/c1-31(2,3)41-30(38)37(42(39,40)26-7-5-4-6-8-26)29(34)36-20-22-17-27(23-13-15-25(32)16-14-23)28(35-19-22)24-11-9-21(18-33)10-12-24/h4-17,19H,20H2,1-3H3,(H2,34,36). The zero-order chi connectivity index (χ0) is 30.5. The SMILES string of the molecule is CC(C)(C)OC(=O)N(C(=N)NCc1cnc(-c2ccc(C#N)cc2)c(-c2ccc(Cl)cc2)c1)S(=O)(=O)c1ccccc1. The molecule has 1 amide bonds. The van der Waals surface area contributed by atoms with Crippen LogP contribution in [0.15, 0.2) is 96.0 Å². The molecule has 0 aliphatic carbocycles. The van der Waals surface area contributed by atoms with E-state index in [1.54, 1.807) is 69.4 Å². The monoisotopic (exact) mass is 601 g/mol. The molecule has 0 aliphatic rings. The van der Waals surface area contributed by atoms with E-state index in [1.165, 1.54) is 24.3 Å². The number of nitrogens with zero attached hydrogens (tertiary/aromatic N) is 3. The van der Waals surface area contributed by atoms with E-state index < -0.39 is 27.7 Å². The van der Waals surface area contributed by atoms with Gasteiger partial charge in [0, 0.05) is 28.9 Å². The second kappa shape index (κ2) is 12.4. The van der Waals surface area contributed by atoms with Gasteiger partial charge in [-0.05, 0) is 74.4 Å². The summed E-state index contributed by atoms with van der Waals surface area (Å²) in [5, 5.41) is 21.0. The molecule has 0 spiro atoms. The summed E-state index contributed by atoms with van der Waals surface area (Å²) in [6, 6.07) is 25.6. The van der Waals surface area contributed by atoms with Gasteiger partial charge in [-0.15, -0.1) is 4.31 Å². The Morgan fingerprint density at radius 1 is 1.02 bits per heavy atom. The number of hydrogen-bond acceptors (Lipinski definition) is 7. The van der Waals surface area contributed by atoms with Gasteiger partial charge in [0.2, 0.25) is 5.96 Å². The number of rotatable bonds is 6. The highest BCUT2D eigenvalue weighted by atomic mass is 35.5. The number of halogens is 1. The fourth-order valence-corrected chi connectivity index (χ4v) is 5.33. The van der Waals surface area contributed by atoms with Crippen LogP contribution in [0, 0.1) is 16.7 Å². The van der Waals surface area contributed by atoms with Crippen molar-refractivity contribution in [1.82, 2.24) is 14.6 Å². The molecule has 1 aromatic heterocycles. The van der Waals surface area contributed by atoms with Crippen LogP contribution in [0.2, 0.25) is 5.02 Å². The first-order chi connectivity index (χ1) is 19.9. The van der Waals surface area contributed by atoms with E-state index in [4.69, 9.17) is 27.0 Å². The number of nitriles is 1. The number of benzene rings is 3. The van der Waals surface area contributed by atoms with Crippen LogP contribution in [0.5, 0.6) is 0 Å². The molecule has 4 aromatic rings. The van der Waals surface area contributed by atoms with E-state index in [1.807, 2.05) is 18.2 Å². The molecule has 9 nitrogen and oxygen atoms in total. The minimum atomic E-state index is -4.46. The lowest BCUT2D eigenvalue weighted by Crippen LogP contribution is -2.49. The summed E-state index contributed by atoms with van der Waals surface area (Å²) in [7, 11) is -4.46. The molecule has 3 aromatic carbocycles. The highest BCUT2D eigenvalue weighted by molar-refractivity contribution is 7.90. The molecule has 0 saturated heterocycles. The maximum Gasteiger partial charge on any atom is 0.431 e. The van der Waals surface area contributed by atoms with Gasteiger partial charge < -0.3 is 10.1 Å². The number of carbonyl (C=O) groups is 1. The number of pyridine rings is 1. The lowest BCUT2D eigenvalue weighted by Gasteiger charge is -2.27. The van der Waals surface area contributed by atoms with Crippen LogP contribution >= 0.6 is 11.6 Å². The maximum absolute atomic E-state index is 13.4. The molecule has 42 heavy (non-hydrogen) atoms. The Morgan fingerprint density at radius 2 is 1.64 bits per heavy atom. The Balaban J connectivity index is 1.67. The molecular formula is C31H28ClN5O4S. The first-order valence-electron chi connectivity index (χ1n) is 12.8. The van der Waals surface area contributed by atoms with Gasteiger partial charge >= 0.3 is 6.09 Å². The summed E-state index contributed by atoms with van der Waals surface area (Å²) in [5.41, 5.74) is 3.15. The third-order valence-electron chi connectivity index (χ3n) is 5.89. The van der Waals surface area contributed by atoms with E-state index in [0.717, 1.165) is 16.7 Å².